The molecule has 1 aliphatic carbocycles. The van der Waals surface area contributed by atoms with Crippen LogP contribution in [-0.4, -0.2) is 19.7 Å². The maximum absolute atomic E-state index is 6.24. The van der Waals surface area contributed by atoms with Crippen molar-refractivity contribution in [1.82, 2.24) is 5.32 Å². The van der Waals surface area contributed by atoms with Gasteiger partial charge in [-0.3, -0.25) is 0 Å². The molecule has 0 radical (unpaired) electrons. The Kier molecular flexibility index (Phi) is 6.38. The Morgan fingerprint density at radius 3 is 2.71 bits per heavy atom. The monoisotopic (exact) mass is 309 g/mol. The first-order valence-corrected chi connectivity index (χ1v) is 8.56. The molecule has 0 heterocycles. The summed E-state index contributed by atoms with van der Waals surface area (Å²) in [5.74, 6) is 2.20. The Bertz CT molecular complexity index is 447. The van der Waals surface area contributed by atoms with Crippen molar-refractivity contribution in [3.63, 3.8) is 0 Å². The van der Waals surface area contributed by atoms with Gasteiger partial charge in [0.25, 0.3) is 0 Å². The lowest BCUT2D eigenvalue weighted by molar-refractivity contribution is 0.346. The van der Waals surface area contributed by atoms with Gasteiger partial charge in [-0.2, -0.15) is 0 Å². The van der Waals surface area contributed by atoms with Crippen LogP contribution in [0, 0.1) is 5.92 Å². The minimum Gasteiger partial charge on any atom is -0.496 e. The molecule has 1 aromatic carbocycles. The second kappa shape index (κ2) is 8.05. The number of nitrogens with one attached hydrogen (secondary N) is 1. The Labute approximate surface area is 134 Å². The number of rotatable bonds is 5. The van der Waals surface area contributed by atoms with Crippen molar-refractivity contribution in [2.45, 2.75) is 57.9 Å². The van der Waals surface area contributed by atoms with Crippen LogP contribution in [0.25, 0.3) is 0 Å². The second-order valence-corrected chi connectivity index (χ2v) is 6.89. The van der Waals surface area contributed by atoms with E-state index in [4.69, 9.17) is 16.3 Å². The average molecular weight is 310 g/mol. The molecule has 3 heteroatoms. The zero-order valence-electron chi connectivity index (χ0n) is 13.5. The number of methoxy groups -OCH3 is 1. The van der Waals surface area contributed by atoms with Crippen LogP contribution >= 0.6 is 11.6 Å². The fraction of sp³-hybridized carbons (Fsp3) is 0.667. The molecule has 1 aliphatic rings. The predicted octanol–water partition coefficient (Wildman–Crippen LogP) is 5.01. The molecule has 0 amide bonds. The van der Waals surface area contributed by atoms with Crippen LogP contribution in [0.5, 0.6) is 5.75 Å². The molecule has 0 spiro atoms. The third-order valence-electron chi connectivity index (χ3n) is 4.54. The van der Waals surface area contributed by atoms with E-state index in [-0.39, 0.29) is 0 Å². The molecule has 0 bridgehead atoms. The third kappa shape index (κ3) is 4.62. The second-order valence-electron chi connectivity index (χ2n) is 6.45. The summed E-state index contributed by atoms with van der Waals surface area (Å²) in [6.07, 6.45) is 6.51. The summed E-state index contributed by atoms with van der Waals surface area (Å²) in [6, 6.07) is 6.58. The molecule has 2 unspecified atom stereocenters. The Balaban J connectivity index is 2.25. The fourth-order valence-electron chi connectivity index (χ4n) is 3.42. The van der Waals surface area contributed by atoms with Gasteiger partial charge in [0.05, 0.1) is 7.11 Å². The molecule has 2 atom stereocenters. The minimum atomic E-state index is 0.537. The van der Waals surface area contributed by atoms with Gasteiger partial charge >= 0.3 is 0 Å². The van der Waals surface area contributed by atoms with Gasteiger partial charge in [-0.1, -0.05) is 44.7 Å². The van der Waals surface area contributed by atoms with Crippen molar-refractivity contribution in [1.29, 1.82) is 0 Å². The van der Waals surface area contributed by atoms with Crippen LogP contribution in [0.2, 0.25) is 5.02 Å². The van der Waals surface area contributed by atoms with Crippen LogP contribution < -0.4 is 10.1 Å². The quantitative estimate of drug-likeness (QED) is 0.772. The molecule has 0 aliphatic heterocycles. The smallest absolute Gasteiger partial charge is 0.122 e. The topological polar surface area (TPSA) is 21.3 Å². The molecule has 0 saturated heterocycles. The number of halogens is 1. The van der Waals surface area contributed by atoms with E-state index in [2.05, 4.69) is 25.2 Å². The average Bonchev–Trinajstić information content (AvgIpc) is 2.70. The highest BCUT2D eigenvalue weighted by Gasteiger charge is 2.27. The van der Waals surface area contributed by atoms with E-state index < -0.39 is 0 Å². The molecule has 1 fully saturated rings. The van der Waals surface area contributed by atoms with Crippen molar-refractivity contribution in [2.24, 2.45) is 5.92 Å². The van der Waals surface area contributed by atoms with Crippen molar-refractivity contribution < 1.29 is 4.74 Å². The summed E-state index contributed by atoms with van der Waals surface area (Å²) in [5.41, 5.74) is 1.29. The lowest BCUT2D eigenvalue weighted by Gasteiger charge is -2.28. The largest absolute Gasteiger partial charge is 0.496 e. The van der Waals surface area contributed by atoms with Crippen LogP contribution in [0.15, 0.2) is 18.2 Å². The molecule has 21 heavy (non-hydrogen) atoms. The Hall–Kier alpha value is -0.730. The van der Waals surface area contributed by atoms with Gasteiger partial charge in [0.2, 0.25) is 0 Å². The number of hydrogen-bond donors (Lipinski definition) is 1. The molecule has 0 aromatic heterocycles. The van der Waals surface area contributed by atoms with Gasteiger partial charge in [-0.15, -0.1) is 0 Å². The predicted molar refractivity (Wildman–Crippen MR) is 90.5 cm³/mol. The van der Waals surface area contributed by atoms with E-state index >= 15 is 0 Å². The summed E-state index contributed by atoms with van der Waals surface area (Å²) < 4.78 is 5.59. The molecule has 2 nitrogen and oxygen atoms in total. The highest BCUT2D eigenvalue weighted by Crippen LogP contribution is 2.41. The minimum absolute atomic E-state index is 0.537. The third-order valence-corrected chi connectivity index (χ3v) is 4.77. The van der Waals surface area contributed by atoms with Crippen LogP contribution in [0.3, 0.4) is 0 Å². The molecule has 1 N–H and O–H groups in total. The number of benzene rings is 1. The molecular weight excluding hydrogens is 282 g/mol. The normalized spacial score (nSPS) is 23.1. The number of hydrogen-bond acceptors (Lipinski definition) is 2. The van der Waals surface area contributed by atoms with Gasteiger partial charge in [-0.25, -0.2) is 0 Å². The van der Waals surface area contributed by atoms with Crippen molar-refractivity contribution >= 4 is 11.6 Å². The summed E-state index contributed by atoms with van der Waals surface area (Å²) in [5, 5.41) is 4.43. The highest BCUT2D eigenvalue weighted by molar-refractivity contribution is 6.30. The van der Waals surface area contributed by atoms with Crippen molar-refractivity contribution in [3.05, 3.63) is 28.8 Å². The molecule has 1 saturated carbocycles. The Morgan fingerprint density at radius 2 is 2.00 bits per heavy atom. The Morgan fingerprint density at radius 1 is 1.24 bits per heavy atom. The van der Waals surface area contributed by atoms with Gasteiger partial charge < -0.3 is 10.1 Å². The number of ether oxygens (including phenoxy) is 1. The van der Waals surface area contributed by atoms with E-state index in [0.717, 1.165) is 17.3 Å². The fourth-order valence-corrected chi connectivity index (χ4v) is 3.60. The maximum atomic E-state index is 6.24. The molecule has 2 rings (SSSR count). The summed E-state index contributed by atoms with van der Waals surface area (Å²) in [7, 11) is 1.75. The van der Waals surface area contributed by atoms with Gasteiger partial charge in [0.1, 0.15) is 5.75 Å². The standard InChI is InChI=1S/C18H28ClNO/c1-13(2)20-12-14-7-5-4-6-8-16(14)17-11-15(19)9-10-18(17)21-3/h9-11,13-14,16,20H,4-8,12H2,1-3H3. The molecular formula is C18H28ClNO. The van der Waals surface area contributed by atoms with E-state index in [9.17, 15) is 0 Å². The van der Waals surface area contributed by atoms with E-state index in [0.29, 0.717) is 17.9 Å². The zero-order chi connectivity index (χ0) is 15.2. The molecule has 1 aromatic rings. The lowest BCUT2D eigenvalue weighted by Crippen LogP contribution is -2.31. The van der Waals surface area contributed by atoms with E-state index in [1.165, 1.54) is 37.7 Å². The first-order chi connectivity index (χ1) is 10.1. The molecule has 118 valence electrons. The summed E-state index contributed by atoms with van der Waals surface area (Å²) in [6.45, 7) is 5.51. The zero-order valence-corrected chi connectivity index (χ0v) is 14.2. The summed E-state index contributed by atoms with van der Waals surface area (Å²) >= 11 is 6.24. The lowest BCUT2D eigenvalue weighted by atomic mass is 9.82. The first kappa shape index (κ1) is 16.6. The highest BCUT2D eigenvalue weighted by atomic mass is 35.5. The van der Waals surface area contributed by atoms with Crippen LogP contribution in [0.4, 0.5) is 0 Å². The van der Waals surface area contributed by atoms with Gasteiger partial charge in [0, 0.05) is 11.1 Å². The van der Waals surface area contributed by atoms with Gasteiger partial charge in [0.15, 0.2) is 0 Å². The van der Waals surface area contributed by atoms with E-state index in [1.54, 1.807) is 7.11 Å². The van der Waals surface area contributed by atoms with Crippen molar-refractivity contribution in [2.75, 3.05) is 13.7 Å². The summed E-state index contributed by atoms with van der Waals surface area (Å²) in [4.78, 5) is 0. The van der Waals surface area contributed by atoms with Gasteiger partial charge in [-0.05, 0) is 55.0 Å². The first-order valence-electron chi connectivity index (χ1n) is 8.18. The SMILES string of the molecule is COc1ccc(Cl)cc1C1CCCCCC1CNC(C)C. The van der Waals surface area contributed by atoms with Crippen LogP contribution in [-0.2, 0) is 0 Å². The maximum Gasteiger partial charge on any atom is 0.122 e. The van der Waals surface area contributed by atoms with Crippen LogP contribution in [0.1, 0.15) is 57.4 Å². The van der Waals surface area contributed by atoms with Crippen molar-refractivity contribution in [3.8, 4) is 5.75 Å². The van der Waals surface area contributed by atoms with E-state index in [1.807, 2.05) is 12.1 Å².